The monoisotopic (exact) mass is 247 g/mol. The highest BCUT2D eigenvalue weighted by Crippen LogP contribution is 2.28. The van der Waals surface area contributed by atoms with Crippen LogP contribution >= 0.6 is 0 Å². The minimum atomic E-state index is 0.680. The summed E-state index contributed by atoms with van der Waals surface area (Å²) in [6, 6.07) is 9.42. The van der Waals surface area contributed by atoms with Gasteiger partial charge in [-0.05, 0) is 44.3 Å². The van der Waals surface area contributed by atoms with E-state index in [0.29, 0.717) is 6.04 Å². The van der Waals surface area contributed by atoms with Crippen LogP contribution in [0.15, 0.2) is 24.3 Å². The Labute approximate surface area is 111 Å². The van der Waals surface area contributed by atoms with Crippen LogP contribution in [0.2, 0.25) is 0 Å². The number of benzene rings is 1. The molecule has 0 unspecified atom stereocenters. The van der Waals surface area contributed by atoms with Crippen LogP contribution in [0.3, 0.4) is 0 Å². The molecule has 3 nitrogen and oxygen atoms in total. The maximum atomic E-state index is 3.16. The Morgan fingerprint density at radius 2 is 1.89 bits per heavy atom. The zero-order valence-electron chi connectivity index (χ0n) is 12.0. The Morgan fingerprint density at radius 1 is 1.22 bits per heavy atom. The molecule has 2 atom stereocenters. The van der Waals surface area contributed by atoms with Crippen molar-refractivity contribution in [1.82, 2.24) is 4.90 Å². The Bertz CT molecular complexity index is 372. The molecule has 0 amide bonds. The van der Waals surface area contributed by atoms with E-state index in [0.717, 1.165) is 12.5 Å². The molecule has 1 fully saturated rings. The zero-order valence-corrected chi connectivity index (χ0v) is 12.0. The number of rotatable bonds is 4. The summed E-state index contributed by atoms with van der Waals surface area (Å²) < 4.78 is 0. The lowest BCUT2D eigenvalue weighted by Gasteiger charge is -2.24. The van der Waals surface area contributed by atoms with Crippen molar-refractivity contribution in [2.75, 3.05) is 44.4 Å². The first kappa shape index (κ1) is 13.2. The highest BCUT2D eigenvalue weighted by molar-refractivity contribution is 5.55. The normalized spacial score (nSPS) is 23.7. The maximum Gasteiger partial charge on any atom is 0.0368 e. The first-order valence-corrected chi connectivity index (χ1v) is 6.85. The predicted molar refractivity (Wildman–Crippen MR) is 79.5 cm³/mol. The average molecular weight is 247 g/mol. The van der Waals surface area contributed by atoms with Gasteiger partial charge in [0.15, 0.2) is 0 Å². The maximum absolute atomic E-state index is 3.16. The molecule has 0 saturated carbocycles. The number of nitrogens with zero attached hydrogens (tertiary/aromatic N) is 2. The summed E-state index contributed by atoms with van der Waals surface area (Å²) in [6.07, 6.45) is 1.26. The molecule has 1 aliphatic heterocycles. The second-order valence-electron chi connectivity index (χ2n) is 5.40. The van der Waals surface area contributed by atoms with E-state index in [2.05, 4.69) is 60.4 Å². The topological polar surface area (TPSA) is 18.5 Å². The quantitative estimate of drug-likeness (QED) is 0.882. The van der Waals surface area contributed by atoms with Crippen molar-refractivity contribution >= 4 is 11.4 Å². The number of hydrogen-bond donors (Lipinski definition) is 1. The molecule has 0 bridgehead atoms. The average Bonchev–Trinajstić information content (AvgIpc) is 2.83. The van der Waals surface area contributed by atoms with Crippen molar-refractivity contribution in [3.05, 3.63) is 24.3 Å². The molecule has 3 heteroatoms. The van der Waals surface area contributed by atoms with Crippen LogP contribution in [-0.2, 0) is 0 Å². The largest absolute Gasteiger partial charge is 0.388 e. The van der Waals surface area contributed by atoms with Gasteiger partial charge in [0.1, 0.15) is 0 Å². The van der Waals surface area contributed by atoms with E-state index in [-0.39, 0.29) is 0 Å². The second-order valence-corrected chi connectivity index (χ2v) is 5.40. The summed E-state index contributed by atoms with van der Waals surface area (Å²) in [5.74, 6) is 0.781. The van der Waals surface area contributed by atoms with Crippen LogP contribution in [0.25, 0.3) is 0 Å². The van der Waals surface area contributed by atoms with Gasteiger partial charge in [-0.1, -0.05) is 13.3 Å². The van der Waals surface area contributed by atoms with Crippen molar-refractivity contribution in [2.45, 2.75) is 19.4 Å². The van der Waals surface area contributed by atoms with Crippen molar-refractivity contribution < 1.29 is 0 Å². The molecule has 2 rings (SSSR count). The van der Waals surface area contributed by atoms with E-state index in [1.54, 1.807) is 0 Å². The van der Waals surface area contributed by atoms with Gasteiger partial charge in [-0.25, -0.2) is 0 Å². The standard InChI is InChI=1S/C15H25N3/c1-5-12-10-18(11-15(12)17(3)4)14-8-6-13(16-2)7-9-14/h6-9,12,15-16H,5,10-11H2,1-4H3/t12-,15+/m0/s1. The van der Waals surface area contributed by atoms with Crippen molar-refractivity contribution in [3.8, 4) is 0 Å². The van der Waals surface area contributed by atoms with Crippen LogP contribution in [0.1, 0.15) is 13.3 Å². The van der Waals surface area contributed by atoms with Gasteiger partial charge in [0.25, 0.3) is 0 Å². The van der Waals surface area contributed by atoms with Gasteiger partial charge in [-0.2, -0.15) is 0 Å². The Balaban J connectivity index is 2.10. The van der Waals surface area contributed by atoms with Crippen molar-refractivity contribution in [2.24, 2.45) is 5.92 Å². The van der Waals surface area contributed by atoms with Crippen LogP contribution in [0.4, 0.5) is 11.4 Å². The summed E-state index contributed by atoms with van der Waals surface area (Å²) in [6.45, 7) is 4.62. The highest BCUT2D eigenvalue weighted by Gasteiger charge is 2.32. The lowest BCUT2D eigenvalue weighted by atomic mass is 10.0. The molecule has 0 spiro atoms. The molecule has 1 heterocycles. The van der Waals surface area contributed by atoms with Gasteiger partial charge in [0.05, 0.1) is 0 Å². The molecule has 1 saturated heterocycles. The predicted octanol–water partition coefficient (Wildman–Crippen LogP) is 2.50. The fraction of sp³-hybridized carbons (Fsp3) is 0.600. The van der Waals surface area contributed by atoms with Gasteiger partial charge < -0.3 is 15.1 Å². The number of nitrogens with one attached hydrogen (secondary N) is 1. The molecular weight excluding hydrogens is 222 g/mol. The first-order valence-electron chi connectivity index (χ1n) is 6.85. The fourth-order valence-corrected chi connectivity index (χ4v) is 2.89. The Kier molecular flexibility index (Phi) is 4.12. The van der Waals surface area contributed by atoms with Crippen LogP contribution in [0.5, 0.6) is 0 Å². The summed E-state index contributed by atoms with van der Waals surface area (Å²) in [5, 5.41) is 3.16. The van der Waals surface area contributed by atoms with Gasteiger partial charge in [0.2, 0.25) is 0 Å². The molecule has 100 valence electrons. The minimum absolute atomic E-state index is 0.680. The SMILES string of the molecule is CC[C@H]1CN(c2ccc(NC)cc2)C[C@H]1N(C)C. The molecule has 0 aliphatic carbocycles. The Hall–Kier alpha value is -1.22. The van der Waals surface area contributed by atoms with Crippen LogP contribution < -0.4 is 10.2 Å². The summed E-state index contributed by atoms with van der Waals surface area (Å²) in [4.78, 5) is 4.88. The van der Waals surface area contributed by atoms with Crippen molar-refractivity contribution in [1.29, 1.82) is 0 Å². The van der Waals surface area contributed by atoms with Crippen LogP contribution in [-0.4, -0.2) is 45.2 Å². The van der Waals surface area contributed by atoms with Gasteiger partial charge in [0, 0.05) is 37.6 Å². The van der Waals surface area contributed by atoms with Crippen LogP contribution in [0, 0.1) is 5.92 Å². The smallest absolute Gasteiger partial charge is 0.0368 e. The van der Waals surface area contributed by atoms with Gasteiger partial charge in [-0.3, -0.25) is 0 Å². The molecule has 1 aromatic rings. The van der Waals surface area contributed by atoms with Gasteiger partial charge >= 0.3 is 0 Å². The fourth-order valence-electron chi connectivity index (χ4n) is 2.89. The third-order valence-electron chi connectivity index (χ3n) is 4.12. The summed E-state index contributed by atoms with van der Waals surface area (Å²) in [5.41, 5.74) is 2.52. The second kappa shape index (κ2) is 5.61. The van der Waals surface area contributed by atoms with E-state index >= 15 is 0 Å². The third-order valence-corrected chi connectivity index (χ3v) is 4.12. The van der Waals surface area contributed by atoms with Crippen molar-refractivity contribution in [3.63, 3.8) is 0 Å². The third kappa shape index (κ3) is 2.61. The van der Waals surface area contributed by atoms with E-state index in [9.17, 15) is 0 Å². The molecule has 18 heavy (non-hydrogen) atoms. The zero-order chi connectivity index (χ0) is 13.1. The summed E-state index contributed by atoms with van der Waals surface area (Å²) >= 11 is 0. The molecule has 1 N–H and O–H groups in total. The number of anilines is 2. The Morgan fingerprint density at radius 3 is 2.33 bits per heavy atom. The van der Waals surface area contributed by atoms with E-state index in [4.69, 9.17) is 0 Å². The first-order chi connectivity index (χ1) is 8.65. The minimum Gasteiger partial charge on any atom is -0.388 e. The molecule has 0 aromatic heterocycles. The van der Waals surface area contributed by atoms with E-state index in [1.165, 1.54) is 24.3 Å². The molecular formula is C15H25N3. The van der Waals surface area contributed by atoms with E-state index in [1.807, 2.05) is 7.05 Å². The van der Waals surface area contributed by atoms with E-state index < -0.39 is 0 Å². The van der Waals surface area contributed by atoms with Gasteiger partial charge in [-0.15, -0.1) is 0 Å². The summed E-state index contributed by atoms with van der Waals surface area (Å²) in [7, 11) is 6.35. The molecule has 1 aliphatic rings. The number of hydrogen-bond acceptors (Lipinski definition) is 3. The highest BCUT2D eigenvalue weighted by atomic mass is 15.2. The molecule has 0 radical (unpaired) electrons. The lowest BCUT2D eigenvalue weighted by Crippen LogP contribution is -2.35. The number of likely N-dealkylation sites (N-methyl/N-ethyl adjacent to an activating group) is 1. The lowest BCUT2D eigenvalue weighted by molar-refractivity contribution is 0.251. The molecule has 1 aromatic carbocycles.